The number of carboxylic acids is 1. The predicted molar refractivity (Wildman–Crippen MR) is 243 cm³/mol. The number of nitrogens with zero attached hydrogens (tertiary/aromatic N) is 5. The Labute approximate surface area is 392 Å². The van der Waals surface area contributed by atoms with Gasteiger partial charge < -0.3 is 39.6 Å². The van der Waals surface area contributed by atoms with Crippen molar-refractivity contribution in [3.63, 3.8) is 0 Å². The number of carbonyl (C=O) groups is 4. The number of rotatable bonds is 17. The number of ether oxygens (including phenoxy) is 2. The van der Waals surface area contributed by atoms with Gasteiger partial charge in [0.15, 0.2) is 0 Å². The van der Waals surface area contributed by atoms with Crippen LogP contribution in [0.1, 0.15) is 63.4 Å². The van der Waals surface area contributed by atoms with Gasteiger partial charge in [-0.15, -0.1) is 0 Å². The number of imidazole rings is 1. The molecule has 2 aliphatic rings. The van der Waals surface area contributed by atoms with E-state index in [0.29, 0.717) is 46.5 Å². The molecular formula is C47H56Cl2F3N7O7. The van der Waals surface area contributed by atoms with Gasteiger partial charge in [-0.3, -0.25) is 24.1 Å². The number of alkyl halides is 3. The molecule has 0 saturated carbocycles. The first kappa shape index (κ1) is 50.2. The molecule has 1 aromatic heterocycles. The second-order valence-electron chi connectivity index (χ2n) is 17.9. The van der Waals surface area contributed by atoms with Crippen LogP contribution >= 0.6 is 23.2 Å². The fraction of sp³-hybridized carbons (Fsp3) is 0.468. The van der Waals surface area contributed by atoms with Crippen molar-refractivity contribution in [3.05, 3.63) is 99.9 Å². The highest BCUT2D eigenvalue weighted by Crippen LogP contribution is 2.35. The third-order valence-corrected chi connectivity index (χ3v) is 12.4. The number of hydrogen-bond acceptors (Lipinski definition) is 9. The molecule has 356 valence electrons. The molecule has 14 nitrogen and oxygen atoms in total. The average molecular weight is 959 g/mol. The van der Waals surface area contributed by atoms with Gasteiger partial charge in [0, 0.05) is 47.9 Å². The van der Waals surface area contributed by atoms with Crippen molar-refractivity contribution in [2.75, 3.05) is 33.8 Å². The van der Waals surface area contributed by atoms with Gasteiger partial charge in [-0.2, -0.15) is 13.2 Å². The Morgan fingerprint density at radius 2 is 1.70 bits per heavy atom. The Morgan fingerprint density at radius 3 is 2.35 bits per heavy atom. The fourth-order valence-electron chi connectivity index (χ4n) is 8.65. The number of benzene rings is 3. The number of aliphatic carboxylic acids is 1. The summed E-state index contributed by atoms with van der Waals surface area (Å²) in [5.74, 6) is -3.41. The van der Waals surface area contributed by atoms with E-state index in [4.69, 9.17) is 32.7 Å². The van der Waals surface area contributed by atoms with E-state index < -0.39 is 72.0 Å². The van der Waals surface area contributed by atoms with Crippen LogP contribution in [0.5, 0.6) is 11.5 Å². The van der Waals surface area contributed by atoms with Crippen LogP contribution in [0.2, 0.25) is 10.0 Å². The van der Waals surface area contributed by atoms with Gasteiger partial charge in [-0.25, -0.2) is 4.98 Å². The lowest BCUT2D eigenvalue weighted by atomic mass is 9.82. The monoisotopic (exact) mass is 957 g/mol. The van der Waals surface area contributed by atoms with E-state index in [0.717, 1.165) is 22.6 Å². The highest BCUT2D eigenvalue weighted by atomic mass is 35.5. The molecule has 6 rings (SSSR count). The Balaban J connectivity index is 1.17. The molecular weight excluding hydrogens is 902 g/mol. The Hall–Kier alpha value is -5.20. The summed E-state index contributed by atoms with van der Waals surface area (Å²) in [6.45, 7) is 5.60. The minimum absolute atomic E-state index is 0.0648. The van der Waals surface area contributed by atoms with Crippen molar-refractivity contribution in [1.82, 2.24) is 34.9 Å². The first-order valence-electron chi connectivity index (χ1n) is 21.6. The van der Waals surface area contributed by atoms with Gasteiger partial charge in [-0.1, -0.05) is 41.4 Å². The lowest BCUT2D eigenvalue weighted by Gasteiger charge is -2.45. The molecule has 0 bridgehead atoms. The first-order chi connectivity index (χ1) is 31.0. The molecule has 4 aromatic rings. The highest BCUT2D eigenvalue weighted by molar-refractivity contribution is 6.31. The summed E-state index contributed by atoms with van der Waals surface area (Å²) < 4.78 is 55.1. The van der Waals surface area contributed by atoms with Crippen molar-refractivity contribution in [2.24, 2.45) is 13.0 Å². The van der Waals surface area contributed by atoms with E-state index in [1.165, 1.54) is 9.80 Å². The predicted octanol–water partition coefficient (Wildman–Crippen LogP) is 7.45. The molecule has 2 fully saturated rings. The van der Waals surface area contributed by atoms with Crippen LogP contribution < -0.4 is 15.4 Å². The number of piperidine rings is 1. The first-order valence-corrected chi connectivity index (χ1v) is 22.3. The third kappa shape index (κ3) is 12.6. The summed E-state index contributed by atoms with van der Waals surface area (Å²) >= 11 is 12.6. The number of nitrogens with one attached hydrogen (secondary N) is 2. The Kier molecular flexibility index (Phi) is 15.8. The second-order valence-corrected chi connectivity index (χ2v) is 18.7. The van der Waals surface area contributed by atoms with E-state index in [9.17, 15) is 37.5 Å². The van der Waals surface area contributed by atoms with E-state index in [-0.39, 0.29) is 32.7 Å². The smallest absolute Gasteiger partial charge is 0.389 e. The van der Waals surface area contributed by atoms with Gasteiger partial charge in [0.25, 0.3) is 0 Å². The number of hydrogen-bond donors (Lipinski definition) is 3. The van der Waals surface area contributed by atoms with Crippen molar-refractivity contribution >= 4 is 46.9 Å². The minimum Gasteiger partial charge on any atom is -0.481 e. The molecule has 3 N–H and O–H groups in total. The van der Waals surface area contributed by atoms with E-state index in [1.54, 1.807) is 63.2 Å². The van der Waals surface area contributed by atoms with Crippen molar-refractivity contribution in [3.8, 4) is 22.8 Å². The topological polar surface area (TPSA) is 159 Å². The van der Waals surface area contributed by atoms with E-state index in [2.05, 4.69) is 20.5 Å². The van der Waals surface area contributed by atoms with Gasteiger partial charge in [0.2, 0.25) is 17.7 Å². The molecule has 3 aromatic carbocycles. The van der Waals surface area contributed by atoms with Crippen molar-refractivity contribution in [2.45, 2.75) is 95.5 Å². The number of amides is 3. The van der Waals surface area contributed by atoms with Crippen molar-refractivity contribution < 1.29 is 46.9 Å². The van der Waals surface area contributed by atoms with Crippen LogP contribution in [0.15, 0.2) is 72.9 Å². The van der Waals surface area contributed by atoms with Gasteiger partial charge in [0.1, 0.15) is 29.1 Å². The lowest BCUT2D eigenvalue weighted by molar-refractivity contribution is -0.165. The molecule has 4 atom stereocenters. The van der Waals surface area contributed by atoms with Gasteiger partial charge >= 0.3 is 12.1 Å². The average Bonchev–Trinajstić information content (AvgIpc) is 3.76. The van der Waals surface area contributed by atoms with Crippen LogP contribution in [0, 0.1) is 5.92 Å². The lowest BCUT2D eigenvalue weighted by Crippen LogP contribution is -2.65. The Bertz CT molecular complexity index is 2380. The largest absolute Gasteiger partial charge is 0.481 e. The van der Waals surface area contributed by atoms with Crippen molar-refractivity contribution in [1.29, 1.82) is 0 Å². The number of halogens is 5. The maximum atomic E-state index is 14.5. The Morgan fingerprint density at radius 1 is 1.02 bits per heavy atom. The standard InChI is InChI=1S/C47H56Cl2F3N7O7/c1-29(53-24-32-10-15-35(49)21-39(32)66-36-16-11-31(12-17-36)37-25-54-40(57(37)6)26-56(4)5)43(63)59-38(27-65-45(59,2)3)42(62)55-46(22-30-8-13-34(48)14-9-30)18-7-19-58(28-46)44(64)33(20-41(60)61)23-47(50,51)52/h8-17,21,25,29,33,38,53H,7,18-20,22-24,26-28H2,1-6H3,(H,55,62)(H,60,61)/t29?,33?,38-,46+/m0/s1. The van der Waals surface area contributed by atoms with Crippen LogP contribution in [0.3, 0.4) is 0 Å². The van der Waals surface area contributed by atoms with Crippen LogP contribution in [0.25, 0.3) is 11.3 Å². The van der Waals surface area contributed by atoms with E-state index >= 15 is 0 Å². The summed E-state index contributed by atoms with van der Waals surface area (Å²) in [6.07, 6.45) is -4.77. The molecule has 66 heavy (non-hydrogen) atoms. The van der Waals surface area contributed by atoms with Crippen LogP contribution in [0.4, 0.5) is 13.2 Å². The number of likely N-dealkylation sites (tertiary alicyclic amines) is 1. The number of carboxylic acid groups (broad SMARTS) is 1. The summed E-state index contributed by atoms with van der Waals surface area (Å²) in [5, 5.41) is 16.7. The molecule has 19 heteroatoms. The molecule has 0 radical (unpaired) electrons. The van der Waals surface area contributed by atoms with Crippen LogP contribution in [-0.2, 0) is 50.5 Å². The normalized spacial score (nSPS) is 19.4. The summed E-state index contributed by atoms with van der Waals surface area (Å²) in [5.41, 5.74) is 0.907. The zero-order chi connectivity index (χ0) is 48.1. The molecule has 2 saturated heterocycles. The molecule has 2 aliphatic heterocycles. The molecule has 2 unspecified atom stereocenters. The molecule has 0 aliphatic carbocycles. The maximum absolute atomic E-state index is 14.5. The van der Waals surface area contributed by atoms with E-state index in [1.807, 2.05) is 56.2 Å². The summed E-state index contributed by atoms with van der Waals surface area (Å²) in [7, 11) is 5.95. The molecule has 0 spiro atoms. The quantitative estimate of drug-likeness (QED) is 0.0971. The second kappa shape index (κ2) is 20.8. The van der Waals surface area contributed by atoms with Gasteiger partial charge in [0.05, 0.1) is 55.4 Å². The minimum atomic E-state index is -4.78. The SMILES string of the molecule is CC(NCc1ccc(Cl)cc1Oc1ccc(-c2cnc(CN(C)C)n2C)cc1)C(=O)N1[C@H](C(=O)N[C@@]2(Cc3ccc(Cl)cc3)CCCN(C(=O)C(CC(=O)O)CC(F)(F)F)C2)COC1(C)C. The summed E-state index contributed by atoms with van der Waals surface area (Å²) in [4.78, 5) is 63.4. The van der Waals surface area contributed by atoms with Crippen LogP contribution in [-0.4, -0.2) is 116 Å². The zero-order valence-electron chi connectivity index (χ0n) is 37.8. The third-order valence-electron chi connectivity index (χ3n) is 11.9. The maximum Gasteiger partial charge on any atom is 0.389 e. The fourth-order valence-corrected chi connectivity index (χ4v) is 8.94. The summed E-state index contributed by atoms with van der Waals surface area (Å²) in [6, 6.07) is 17.6. The van der Waals surface area contributed by atoms with Gasteiger partial charge in [-0.05, 0) is 108 Å². The highest BCUT2D eigenvalue weighted by Gasteiger charge is 2.50. The number of carbonyl (C=O) groups excluding carboxylic acids is 3. The molecule has 3 amide bonds. The molecule has 3 heterocycles. The zero-order valence-corrected chi connectivity index (χ0v) is 39.3. The number of aromatic nitrogens is 2.